The van der Waals surface area contributed by atoms with Gasteiger partial charge in [-0.2, -0.15) is 0 Å². The Hall–Kier alpha value is -0.170. The van der Waals surface area contributed by atoms with Gasteiger partial charge in [-0.1, -0.05) is 0 Å². The lowest BCUT2D eigenvalue weighted by molar-refractivity contribution is 0.326. The molecule has 2 N–H and O–H groups in total. The molecular weight excluding hydrogens is 250 g/mol. The number of hydrogen-bond acceptors (Lipinski definition) is 4. The Kier molecular flexibility index (Phi) is 6.04. The molecule has 5 nitrogen and oxygen atoms in total. The van der Waals surface area contributed by atoms with Gasteiger partial charge in [-0.05, 0) is 59.3 Å². The summed E-state index contributed by atoms with van der Waals surface area (Å²) in [4.78, 5) is 2.49. The second-order valence-corrected chi connectivity index (χ2v) is 7.59. The number of nitrogens with one attached hydrogen (secondary N) is 2. The first kappa shape index (κ1) is 15.9. The topological polar surface area (TPSA) is 61.4 Å². The van der Waals surface area contributed by atoms with Gasteiger partial charge in [-0.25, -0.2) is 13.1 Å². The molecule has 18 heavy (non-hydrogen) atoms. The summed E-state index contributed by atoms with van der Waals surface area (Å²) < 4.78 is 25.0. The van der Waals surface area contributed by atoms with Crippen LogP contribution < -0.4 is 10.0 Å². The summed E-state index contributed by atoms with van der Waals surface area (Å²) in [6, 6.07) is 0. The van der Waals surface area contributed by atoms with Crippen LogP contribution in [0.15, 0.2) is 0 Å². The van der Waals surface area contributed by atoms with Crippen molar-refractivity contribution < 1.29 is 8.42 Å². The van der Waals surface area contributed by atoms with Crippen molar-refractivity contribution in [3.8, 4) is 0 Å². The molecule has 108 valence electrons. The third-order valence-corrected chi connectivity index (χ3v) is 3.98. The molecule has 1 aliphatic heterocycles. The van der Waals surface area contributed by atoms with Gasteiger partial charge in [0.05, 0.1) is 6.26 Å². The molecule has 0 bridgehead atoms. The van der Waals surface area contributed by atoms with Gasteiger partial charge in [-0.3, -0.25) is 0 Å². The first-order chi connectivity index (χ1) is 8.29. The second kappa shape index (κ2) is 6.84. The highest BCUT2D eigenvalue weighted by molar-refractivity contribution is 7.88. The van der Waals surface area contributed by atoms with E-state index in [1.807, 2.05) is 13.8 Å². The number of sulfonamides is 1. The molecule has 0 saturated carbocycles. The van der Waals surface area contributed by atoms with E-state index in [2.05, 4.69) is 14.9 Å². The van der Waals surface area contributed by atoms with Crippen molar-refractivity contribution in [2.24, 2.45) is 0 Å². The Labute approximate surface area is 111 Å². The number of likely N-dealkylation sites (tertiary alicyclic amines) is 1. The van der Waals surface area contributed by atoms with Gasteiger partial charge in [0.1, 0.15) is 0 Å². The van der Waals surface area contributed by atoms with E-state index in [-0.39, 0.29) is 0 Å². The van der Waals surface area contributed by atoms with Crippen molar-refractivity contribution in [2.75, 3.05) is 39.0 Å². The predicted molar refractivity (Wildman–Crippen MR) is 75.2 cm³/mol. The summed E-state index contributed by atoms with van der Waals surface area (Å²) in [5.41, 5.74) is -0.429. The molecular formula is C12H27N3O2S. The first-order valence-corrected chi connectivity index (χ1v) is 8.60. The summed E-state index contributed by atoms with van der Waals surface area (Å²) >= 11 is 0. The molecule has 0 spiro atoms. The van der Waals surface area contributed by atoms with E-state index in [4.69, 9.17) is 0 Å². The minimum atomic E-state index is -3.14. The molecule has 0 aromatic carbocycles. The fourth-order valence-corrected chi connectivity index (χ4v) is 3.45. The van der Waals surface area contributed by atoms with E-state index >= 15 is 0 Å². The maximum atomic E-state index is 11.2. The van der Waals surface area contributed by atoms with Crippen molar-refractivity contribution in [2.45, 2.75) is 38.6 Å². The quantitative estimate of drug-likeness (QED) is 0.630. The van der Waals surface area contributed by atoms with Gasteiger partial charge in [0.25, 0.3) is 0 Å². The molecule has 1 fully saturated rings. The SMILES string of the molecule is CC(C)(CNCCCN1CCCC1)NS(C)(=O)=O. The number of nitrogens with zero attached hydrogens (tertiary/aromatic N) is 1. The zero-order chi connectivity index (χ0) is 13.6. The Balaban J connectivity index is 2.09. The van der Waals surface area contributed by atoms with Crippen LogP contribution in [0.5, 0.6) is 0 Å². The Morgan fingerprint density at radius 1 is 1.22 bits per heavy atom. The summed E-state index contributed by atoms with van der Waals surface area (Å²) in [6.07, 6.45) is 4.98. The minimum absolute atomic E-state index is 0.429. The third-order valence-electron chi connectivity index (χ3n) is 3.06. The fourth-order valence-electron chi connectivity index (χ4n) is 2.37. The first-order valence-electron chi connectivity index (χ1n) is 6.71. The highest BCUT2D eigenvalue weighted by atomic mass is 32.2. The monoisotopic (exact) mass is 277 g/mol. The summed E-state index contributed by atoms with van der Waals surface area (Å²) in [5, 5.41) is 3.32. The van der Waals surface area contributed by atoms with E-state index in [0.717, 1.165) is 19.5 Å². The zero-order valence-corrected chi connectivity index (χ0v) is 12.6. The van der Waals surface area contributed by atoms with Crippen molar-refractivity contribution in [1.82, 2.24) is 14.9 Å². The molecule has 0 radical (unpaired) electrons. The van der Waals surface area contributed by atoms with Crippen LogP contribution in [0.4, 0.5) is 0 Å². The van der Waals surface area contributed by atoms with E-state index < -0.39 is 15.6 Å². The van der Waals surface area contributed by atoms with E-state index in [1.165, 1.54) is 32.2 Å². The Bertz CT molecular complexity index is 335. The average Bonchev–Trinajstić information content (AvgIpc) is 2.65. The van der Waals surface area contributed by atoms with Crippen molar-refractivity contribution in [1.29, 1.82) is 0 Å². The lowest BCUT2D eigenvalue weighted by Crippen LogP contribution is -2.50. The van der Waals surface area contributed by atoms with Gasteiger partial charge in [0, 0.05) is 12.1 Å². The fraction of sp³-hybridized carbons (Fsp3) is 1.00. The largest absolute Gasteiger partial charge is 0.315 e. The minimum Gasteiger partial charge on any atom is -0.315 e. The van der Waals surface area contributed by atoms with Gasteiger partial charge < -0.3 is 10.2 Å². The summed E-state index contributed by atoms with van der Waals surface area (Å²) in [5.74, 6) is 0. The average molecular weight is 277 g/mol. The molecule has 0 atom stereocenters. The van der Waals surface area contributed by atoms with Crippen molar-refractivity contribution in [3.05, 3.63) is 0 Å². The molecule has 0 aliphatic carbocycles. The van der Waals surface area contributed by atoms with Crippen LogP contribution in [0.3, 0.4) is 0 Å². The number of rotatable bonds is 8. The molecule has 1 aliphatic rings. The van der Waals surface area contributed by atoms with Gasteiger partial charge in [-0.15, -0.1) is 0 Å². The molecule has 0 amide bonds. The van der Waals surface area contributed by atoms with E-state index in [9.17, 15) is 8.42 Å². The molecule has 1 rings (SSSR count). The van der Waals surface area contributed by atoms with Crippen LogP contribution in [0.25, 0.3) is 0 Å². The van der Waals surface area contributed by atoms with Crippen LogP contribution in [-0.4, -0.2) is 57.8 Å². The van der Waals surface area contributed by atoms with Crippen LogP contribution in [0.1, 0.15) is 33.1 Å². The summed E-state index contributed by atoms with van der Waals surface area (Å²) in [7, 11) is -3.14. The molecule has 1 saturated heterocycles. The molecule has 0 aromatic rings. The van der Waals surface area contributed by atoms with Gasteiger partial charge >= 0.3 is 0 Å². The molecule has 0 aromatic heterocycles. The van der Waals surface area contributed by atoms with Gasteiger partial charge in [0.2, 0.25) is 10.0 Å². The Morgan fingerprint density at radius 2 is 1.83 bits per heavy atom. The van der Waals surface area contributed by atoms with Crippen molar-refractivity contribution >= 4 is 10.0 Å². The lowest BCUT2D eigenvalue weighted by Gasteiger charge is -2.25. The van der Waals surface area contributed by atoms with Crippen LogP contribution in [0.2, 0.25) is 0 Å². The number of hydrogen-bond donors (Lipinski definition) is 2. The van der Waals surface area contributed by atoms with Gasteiger partial charge in [0.15, 0.2) is 0 Å². The Morgan fingerprint density at radius 3 is 2.39 bits per heavy atom. The smallest absolute Gasteiger partial charge is 0.209 e. The highest BCUT2D eigenvalue weighted by Crippen LogP contribution is 2.07. The predicted octanol–water partition coefficient (Wildman–Crippen LogP) is 0.390. The standard InChI is InChI=1S/C12H27N3O2S/c1-12(2,14-18(3,16)17)11-13-7-6-10-15-8-4-5-9-15/h13-14H,4-11H2,1-3H3. The van der Waals surface area contributed by atoms with Crippen LogP contribution in [0, 0.1) is 0 Å². The van der Waals surface area contributed by atoms with E-state index in [1.54, 1.807) is 0 Å². The zero-order valence-electron chi connectivity index (χ0n) is 11.8. The highest BCUT2D eigenvalue weighted by Gasteiger charge is 2.21. The second-order valence-electron chi connectivity index (χ2n) is 5.84. The summed E-state index contributed by atoms with van der Waals surface area (Å²) in [6.45, 7) is 8.99. The molecule has 1 heterocycles. The van der Waals surface area contributed by atoms with Crippen LogP contribution >= 0.6 is 0 Å². The maximum Gasteiger partial charge on any atom is 0.209 e. The molecule has 0 unspecified atom stereocenters. The third kappa shape index (κ3) is 7.31. The lowest BCUT2D eigenvalue weighted by atomic mass is 10.1. The normalized spacial score (nSPS) is 18.4. The van der Waals surface area contributed by atoms with E-state index in [0.29, 0.717) is 6.54 Å². The van der Waals surface area contributed by atoms with Crippen molar-refractivity contribution in [3.63, 3.8) is 0 Å². The maximum absolute atomic E-state index is 11.2. The molecule has 6 heteroatoms. The van der Waals surface area contributed by atoms with Crippen LogP contribution in [-0.2, 0) is 10.0 Å².